The second kappa shape index (κ2) is 8.61. The van der Waals surface area contributed by atoms with Crippen LogP contribution in [0.3, 0.4) is 0 Å². The van der Waals surface area contributed by atoms with Crippen molar-refractivity contribution in [3.8, 4) is 11.5 Å². The average Bonchev–Trinajstić information content (AvgIpc) is 3.23. The Bertz CT molecular complexity index is 965. The van der Waals surface area contributed by atoms with Gasteiger partial charge in [-0.2, -0.15) is 5.10 Å². The van der Waals surface area contributed by atoms with Crippen LogP contribution in [0.25, 0.3) is 11.5 Å². The molecule has 0 unspecified atom stereocenters. The Morgan fingerprint density at radius 1 is 1.00 bits per heavy atom. The summed E-state index contributed by atoms with van der Waals surface area (Å²) in [6.07, 6.45) is 1.52. The molecule has 2 N–H and O–H groups in total. The van der Waals surface area contributed by atoms with Crippen LogP contribution in [0.5, 0.6) is 0 Å². The van der Waals surface area contributed by atoms with Crippen molar-refractivity contribution in [3.63, 3.8) is 0 Å². The largest absolute Gasteiger partial charge is 0.463 e. The lowest BCUT2D eigenvalue weighted by atomic mass is 10.2. The van der Waals surface area contributed by atoms with Crippen LogP contribution < -0.4 is 16.2 Å². The predicted octanol–water partition coefficient (Wildman–Crippen LogP) is 1.05. The van der Waals surface area contributed by atoms with E-state index in [2.05, 4.69) is 15.7 Å². The Morgan fingerprint density at radius 2 is 1.81 bits per heavy atom. The highest BCUT2D eigenvalue weighted by Gasteiger charge is 2.08. The van der Waals surface area contributed by atoms with Crippen LogP contribution in [0.2, 0.25) is 0 Å². The summed E-state index contributed by atoms with van der Waals surface area (Å²) in [4.78, 5) is 35.6. The Morgan fingerprint density at radius 3 is 2.56 bits per heavy atom. The lowest BCUT2D eigenvalue weighted by Crippen LogP contribution is -2.39. The lowest BCUT2D eigenvalue weighted by molar-refractivity contribution is -0.120. The number of nitrogens with zero attached hydrogens (tertiary/aromatic N) is 2. The van der Waals surface area contributed by atoms with Crippen molar-refractivity contribution in [1.29, 1.82) is 0 Å². The Hall–Kier alpha value is -3.68. The van der Waals surface area contributed by atoms with Gasteiger partial charge in [0.1, 0.15) is 5.69 Å². The van der Waals surface area contributed by atoms with Crippen LogP contribution in [0.4, 0.5) is 0 Å². The highest BCUT2D eigenvalue weighted by molar-refractivity contribution is 5.96. The minimum Gasteiger partial charge on any atom is -0.463 e. The molecule has 0 aliphatic carbocycles. The van der Waals surface area contributed by atoms with Crippen molar-refractivity contribution in [3.05, 3.63) is 76.8 Å². The molecule has 0 radical (unpaired) electrons. The first-order valence-corrected chi connectivity index (χ1v) is 8.35. The fraction of sp³-hybridized carbons (Fsp3) is 0.158. The van der Waals surface area contributed by atoms with E-state index in [0.29, 0.717) is 17.0 Å². The summed E-state index contributed by atoms with van der Waals surface area (Å²) in [7, 11) is 0. The molecular formula is C19H18N4O4. The molecule has 3 rings (SSSR count). The normalized spacial score (nSPS) is 10.4. The molecule has 1 aromatic carbocycles. The van der Waals surface area contributed by atoms with Gasteiger partial charge in [0.15, 0.2) is 5.76 Å². The quantitative estimate of drug-likeness (QED) is 0.650. The summed E-state index contributed by atoms with van der Waals surface area (Å²) in [6.45, 7) is 0.253. The maximum atomic E-state index is 11.9. The van der Waals surface area contributed by atoms with Crippen LogP contribution in [-0.2, 0) is 11.3 Å². The highest BCUT2D eigenvalue weighted by atomic mass is 16.3. The van der Waals surface area contributed by atoms with Crippen LogP contribution in [0.1, 0.15) is 10.4 Å². The van der Waals surface area contributed by atoms with Crippen LogP contribution in [0, 0.1) is 0 Å². The summed E-state index contributed by atoms with van der Waals surface area (Å²) in [5.41, 5.74) is 0.730. The first-order valence-electron chi connectivity index (χ1n) is 8.35. The Balaban J connectivity index is 1.48. The smallest absolute Gasteiger partial charge is 0.266 e. The van der Waals surface area contributed by atoms with Gasteiger partial charge in [-0.05, 0) is 30.3 Å². The second-order valence-electron chi connectivity index (χ2n) is 5.66. The van der Waals surface area contributed by atoms with E-state index in [0.717, 1.165) is 0 Å². The summed E-state index contributed by atoms with van der Waals surface area (Å²) in [6, 6.07) is 15.1. The summed E-state index contributed by atoms with van der Waals surface area (Å²) in [5, 5.41) is 9.40. The zero-order valence-corrected chi connectivity index (χ0v) is 14.4. The Kier molecular flexibility index (Phi) is 5.78. The molecule has 0 saturated heterocycles. The summed E-state index contributed by atoms with van der Waals surface area (Å²) >= 11 is 0. The van der Waals surface area contributed by atoms with Crippen molar-refractivity contribution >= 4 is 11.8 Å². The number of nitrogens with one attached hydrogen (secondary N) is 2. The van der Waals surface area contributed by atoms with Crippen molar-refractivity contribution in [2.75, 3.05) is 13.1 Å². The van der Waals surface area contributed by atoms with E-state index in [1.54, 1.807) is 48.5 Å². The molecular weight excluding hydrogens is 348 g/mol. The lowest BCUT2D eigenvalue weighted by Gasteiger charge is -2.08. The minimum atomic E-state index is -0.352. The molecule has 27 heavy (non-hydrogen) atoms. The van der Waals surface area contributed by atoms with Gasteiger partial charge < -0.3 is 15.1 Å². The molecule has 138 valence electrons. The monoisotopic (exact) mass is 366 g/mol. The molecule has 2 amide bonds. The maximum absolute atomic E-state index is 11.9. The van der Waals surface area contributed by atoms with Crippen LogP contribution in [-0.4, -0.2) is 34.7 Å². The minimum absolute atomic E-state index is 0.150. The third kappa shape index (κ3) is 4.91. The Labute approximate surface area is 154 Å². The molecule has 3 aromatic rings. The fourth-order valence-corrected chi connectivity index (χ4v) is 2.38. The molecule has 8 nitrogen and oxygen atoms in total. The van der Waals surface area contributed by atoms with Crippen molar-refractivity contribution < 1.29 is 14.0 Å². The van der Waals surface area contributed by atoms with E-state index in [9.17, 15) is 14.4 Å². The molecule has 0 spiro atoms. The van der Waals surface area contributed by atoms with E-state index >= 15 is 0 Å². The molecule has 0 aliphatic rings. The summed E-state index contributed by atoms with van der Waals surface area (Å²) in [5.74, 6) is -0.124. The number of aromatic nitrogens is 2. The second-order valence-corrected chi connectivity index (χ2v) is 5.66. The van der Waals surface area contributed by atoms with E-state index in [-0.39, 0.29) is 37.0 Å². The first kappa shape index (κ1) is 18.1. The van der Waals surface area contributed by atoms with Gasteiger partial charge in [-0.3, -0.25) is 14.4 Å². The summed E-state index contributed by atoms with van der Waals surface area (Å²) < 4.78 is 6.51. The molecule has 0 fully saturated rings. The van der Waals surface area contributed by atoms with E-state index in [4.69, 9.17) is 4.42 Å². The SMILES string of the molecule is O=C(CNC(=O)c1ccccc1)NCCn1nc(-c2ccco2)ccc1=O. The number of carbonyl (C=O) groups is 2. The molecule has 8 heteroatoms. The zero-order valence-electron chi connectivity index (χ0n) is 14.4. The highest BCUT2D eigenvalue weighted by Crippen LogP contribution is 2.14. The molecule has 0 bridgehead atoms. The van der Waals surface area contributed by atoms with Gasteiger partial charge in [0.25, 0.3) is 11.5 Å². The topological polar surface area (TPSA) is 106 Å². The van der Waals surface area contributed by atoms with Gasteiger partial charge in [-0.25, -0.2) is 4.68 Å². The third-order valence-corrected chi connectivity index (χ3v) is 3.73. The number of hydrogen-bond acceptors (Lipinski definition) is 5. The number of hydrogen-bond donors (Lipinski definition) is 2. The number of benzene rings is 1. The van der Waals surface area contributed by atoms with Crippen molar-refractivity contribution in [2.24, 2.45) is 0 Å². The standard InChI is InChI=1S/C19H18N4O4/c24-17(13-21-19(26)14-5-2-1-3-6-14)20-10-11-23-18(25)9-8-15(22-23)16-7-4-12-27-16/h1-9,12H,10-11,13H2,(H,20,24)(H,21,26). The van der Waals surface area contributed by atoms with Gasteiger partial charge in [0.05, 0.1) is 19.4 Å². The maximum Gasteiger partial charge on any atom is 0.266 e. The van der Waals surface area contributed by atoms with Gasteiger partial charge in [0.2, 0.25) is 5.91 Å². The fourth-order valence-electron chi connectivity index (χ4n) is 2.38. The van der Waals surface area contributed by atoms with Gasteiger partial charge >= 0.3 is 0 Å². The number of carbonyl (C=O) groups excluding carboxylic acids is 2. The van der Waals surface area contributed by atoms with Crippen LogP contribution >= 0.6 is 0 Å². The van der Waals surface area contributed by atoms with E-state index in [1.165, 1.54) is 17.0 Å². The van der Waals surface area contributed by atoms with Gasteiger partial charge in [-0.15, -0.1) is 0 Å². The molecule has 2 heterocycles. The first-order chi connectivity index (χ1) is 13.1. The average molecular weight is 366 g/mol. The van der Waals surface area contributed by atoms with Gasteiger partial charge in [-0.1, -0.05) is 18.2 Å². The molecule has 2 aromatic heterocycles. The van der Waals surface area contributed by atoms with Crippen molar-refractivity contribution in [1.82, 2.24) is 20.4 Å². The van der Waals surface area contributed by atoms with Crippen molar-refractivity contribution in [2.45, 2.75) is 6.54 Å². The number of furan rings is 1. The van der Waals surface area contributed by atoms with E-state index in [1.807, 2.05) is 0 Å². The molecule has 0 aliphatic heterocycles. The van der Waals surface area contributed by atoms with Gasteiger partial charge in [0, 0.05) is 18.2 Å². The zero-order chi connectivity index (χ0) is 19.1. The van der Waals surface area contributed by atoms with Crippen LogP contribution in [0.15, 0.2) is 70.1 Å². The number of amides is 2. The van der Waals surface area contributed by atoms with E-state index < -0.39 is 0 Å². The molecule has 0 saturated carbocycles. The predicted molar refractivity (Wildman–Crippen MR) is 98.0 cm³/mol. The molecule has 0 atom stereocenters. The third-order valence-electron chi connectivity index (χ3n) is 3.73. The number of rotatable bonds is 7.